The minimum atomic E-state index is -4.37. The van der Waals surface area contributed by atoms with Crippen LogP contribution in [0, 0.1) is 19.7 Å². The Morgan fingerprint density at radius 2 is 1.38 bits per heavy atom. The molecular formula is C16H15F4N. The summed E-state index contributed by atoms with van der Waals surface area (Å²) in [6, 6.07) is 7.33. The third-order valence-corrected chi connectivity index (χ3v) is 3.42. The second-order valence-electron chi connectivity index (χ2n) is 5.07. The van der Waals surface area contributed by atoms with Gasteiger partial charge in [0.25, 0.3) is 0 Å². The third-order valence-electron chi connectivity index (χ3n) is 3.42. The highest BCUT2D eigenvalue weighted by molar-refractivity contribution is 5.38. The third kappa shape index (κ3) is 3.24. The first-order valence-electron chi connectivity index (χ1n) is 6.39. The first-order valence-corrected chi connectivity index (χ1v) is 6.39. The lowest BCUT2D eigenvalue weighted by molar-refractivity contribution is -0.137. The molecule has 1 unspecified atom stereocenters. The largest absolute Gasteiger partial charge is 0.416 e. The molecule has 5 heteroatoms. The van der Waals surface area contributed by atoms with Crippen LogP contribution in [0.25, 0.3) is 0 Å². The molecule has 0 heterocycles. The summed E-state index contributed by atoms with van der Waals surface area (Å²) in [5.41, 5.74) is 7.49. The number of hydrogen-bond donors (Lipinski definition) is 1. The van der Waals surface area contributed by atoms with Crippen LogP contribution in [0.5, 0.6) is 0 Å². The number of aryl methyl sites for hydroxylation is 2. The van der Waals surface area contributed by atoms with Gasteiger partial charge in [-0.15, -0.1) is 0 Å². The molecule has 0 bridgehead atoms. The fourth-order valence-electron chi connectivity index (χ4n) is 2.23. The minimum absolute atomic E-state index is 0.293. The monoisotopic (exact) mass is 297 g/mol. The highest BCUT2D eigenvalue weighted by atomic mass is 19.4. The van der Waals surface area contributed by atoms with Crippen LogP contribution in [0.4, 0.5) is 17.6 Å². The Balaban J connectivity index is 2.34. The molecule has 0 aliphatic carbocycles. The predicted octanol–water partition coefficient (Wildman–Crippen LogP) is 4.51. The summed E-state index contributed by atoms with van der Waals surface area (Å²) in [5.74, 6) is -0.293. The van der Waals surface area contributed by atoms with Gasteiger partial charge in [0, 0.05) is 0 Å². The van der Waals surface area contributed by atoms with Gasteiger partial charge in [0.15, 0.2) is 0 Å². The standard InChI is InChI=1S/C16H15F4N/c1-9-7-12(8-10(2)14(9)17)15(21)11-3-5-13(6-4-11)16(18,19)20/h3-8,15H,21H2,1-2H3. The molecule has 0 spiro atoms. The van der Waals surface area contributed by atoms with E-state index >= 15 is 0 Å². The number of nitrogens with two attached hydrogens (primary N) is 1. The van der Waals surface area contributed by atoms with Crippen molar-refractivity contribution in [2.75, 3.05) is 0 Å². The van der Waals surface area contributed by atoms with Gasteiger partial charge in [-0.05, 0) is 48.2 Å². The molecular weight excluding hydrogens is 282 g/mol. The molecule has 0 aliphatic heterocycles. The molecule has 0 aromatic heterocycles. The van der Waals surface area contributed by atoms with Crippen LogP contribution in [0.3, 0.4) is 0 Å². The topological polar surface area (TPSA) is 26.0 Å². The number of alkyl halides is 3. The Morgan fingerprint density at radius 1 is 0.905 bits per heavy atom. The zero-order valence-electron chi connectivity index (χ0n) is 11.6. The predicted molar refractivity (Wildman–Crippen MR) is 73.3 cm³/mol. The second kappa shape index (κ2) is 5.48. The van der Waals surface area contributed by atoms with Gasteiger partial charge < -0.3 is 5.73 Å². The van der Waals surface area contributed by atoms with E-state index in [4.69, 9.17) is 5.73 Å². The SMILES string of the molecule is Cc1cc(C(N)c2ccc(C(F)(F)F)cc2)cc(C)c1F. The summed E-state index contributed by atoms with van der Waals surface area (Å²) in [6.45, 7) is 3.26. The van der Waals surface area contributed by atoms with E-state index in [1.165, 1.54) is 12.1 Å². The summed E-state index contributed by atoms with van der Waals surface area (Å²) in [6.07, 6.45) is -4.37. The van der Waals surface area contributed by atoms with E-state index in [2.05, 4.69) is 0 Å². The molecule has 1 atom stereocenters. The highest BCUT2D eigenvalue weighted by Gasteiger charge is 2.30. The van der Waals surface area contributed by atoms with Crippen molar-refractivity contribution in [1.82, 2.24) is 0 Å². The van der Waals surface area contributed by atoms with Crippen molar-refractivity contribution in [2.24, 2.45) is 5.73 Å². The van der Waals surface area contributed by atoms with Gasteiger partial charge in [-0.25, -0.2) is 4.39 Å². The maximum atomic E-state index is 13.6. The van der Waals surface area contributed by atoms with Gasteiger partial charge in [-0.3, -0.25) is 0 Å². The summed E-state index contributed by atoms with van der Waals surface area (Å²) in [4.78, 5) is 0. The normalized spacial score (nSPS) is 13.3. The van der Waals surface area contributed by atoms with Gasteiger partial charge in [-0.1, -0.05) is 24.3 Å². The molecule has 2 aromatic rings. The Kier molecular flexibility index (Phi) is 4.05. The van der Waals surface area contributed by atoms with Crippen LogP contribution >= 0.6 is 0 Å². The Labute approximate surface area is 120 Å². The molecule has 2 N–H and O–H groups in total. The summed E-state index contributed by atoms with van der Waals surface area (Å²) in [5, 5.41) is 0. The van der Waals surface area contributed by atoms with Gasteiger partial charge in [0.2, 0.25) is 0 Å². The van der Waals surface area contributed by atoms with Crippen molar-refractivity contribution in [2.45, 2.75) is 26.1 Å². The van der Waals surface area contributed by atoms with Crippen LogP contribution in [-0.2, 0) is 6.18 Å². The van der Waals surface area contributed by atoms with Crippen molar-refractivity contribution in [3.63, 3.8) is 0 Å². The maximum Gasteiger partial charge on any atom is 0.416 e. The van der Waals surface area contributed by atoms with Crippen LogP contribution in [0.1, 0.15) is 33.9 Å². The van der Waals surface area contributed by atoms with E-state index in [1.807, 2.05) is 0 Å². The van der Waals surface area contributed by atoms with Gasteiger partial charge in [-0.2, -0.15) is 13.2 Å². The van der Waals surface area contributed by atoms with E-state index in [9.17, 15) is 17.6 Å². The average Bonchev–Trinajstić information content (AvgIpc) is 2.42. The molecule has 1 nitrogen and oxygen atoms in total. The second-order valence-corrected chi connectivity index (χ2v) is 5.07. The molecule has 0 aliphatic rings. The molecule has 0 amide bonds. The molecule has 2 rings (SSSR count). The molecule has 2 aromatic carbocycles. The first-order chi connectivity index (χ1) is 9.70. The molecule has 21 heavy (non-hydrogen) atoms. The van der Waals surface area contributed by atoms with E-state index in [0.29, 0.717) is 22.3 Å². The van der Waals surface area contributed by atoms with E-state index in [0.717, 1.165) is 12.1 Å². The molecule has 0 saturated heterocycles. The van der Waals surface area contributed by atoms with Crippen LogP contribution in [0.2, 0.25) is 0 Å². The van der Waals surface area contributed by atoms with Gasteiger partial charge >= 0.3 is 6.18 Å². The van der Waals surface area contributed by atoms with Crippen LogP contribution < -0.4 is 5.73 Å². The number of benzene rings is 2. The molecule has 0 radical (unpaired) electrons. The van der Waals surface area contributed by atoms with E-state index in [1.54, 1.807) is 26.0 Å². The highest BCUT2D eigenvalue weighted by Crippen LogP contribution is 2.31. The lowest BCUT2D eigenvalue weighted by Gasteiger charge is -2.16. The van der Waals surface area contributed by atoms with Gasteiger partial charge in [0.1, 0.15) is 5.82 Å². The minimum Gasteiger partial charge on any atom is -0.320 e. The molecule has 0 saturated carbocycles. The maximum absolute atomic E-state index is 13.6. The summed E-state index contributed by atoms with van der Waals surface area (Å²) >= 11 is 0. The van der Waals surface area contributed by atoms with Crippen LogP contribution in [-0.4, -0.2) is 0 Å². The van der Waals surface area contributed by atoms with Crippen molar-refractivity contribution in [3.05, 3.63) is 70.0 Å². The zero-order chi connectivity index (χ0) is 15.8. The molecule has 0 fully saturated rings. The zero-order valence-corrected chi connectivity index (χ0v) is 11.6. The van der Waals surface area contributed by atoms with Crippen LogP contribution in [0.15, 0.2) is 36.4 Å². The Morgan fingerprint density at radius 3 is 1.81 bits per heavy atom. The van der Waals surface area contributed by atoms with Crippen molar-refractivity contribution in [3.8, 4) is 0 Å². The smallest absolute Gasteiger partial charge is 0.320 e. The fraction of sp³-hybridized carbons (Fsp3) is 0.250. The Bertz CT molecular complexity index is 621. The quantitative estimate of drug-likeness (QED) is 0.811. The van der Waals surface area contributed by atoms with Crippen molar-refractivity contribution >= 4 is 0 Å². The Hall–Kier alpha value is -1.88. The molecule has 112 valence electrons. The lowest BCUT2D eigenvalue weighted by Crippen LogP contribution is -2.13. The summed E-state index contributed by atoms with van der Waals surface area (Å²) in [7, 11) is 0. The number of halogens is 4. The lowest BCUT2D eigenvalue weighted by atomic mass is 9.95. The summed E-state index contributed by atoms with van der Waals surface area (Å²) < 4.78 is 51.2. The van der Waals surface area contributed by atoms with E-state index < -0.39 is 17.8 Å². The fourth-order valence-corrected chi connectivity index (χ4v) is 2.23. The first kappa shape index (κ1) is 15.5. The van der Waals surface area contributed by atoms with Gasteiger partial charge in [0.05, 0.1) is 11.6 Å². The number of rotatable bonds is 2. The average molecular weight is 297 g/mol. The van der Waals surface area contributed by atoms with Crippen molar-refractivity contribution < 1.29 is 17.6 Å². The van der Waals surface area contributed by atoms with Crippen molar-refractivity contribution in [1.29, 1.82) is 0 Å². The number of hydrogen-bond acceptors (Lipinski definition) is 1. The van der Waals surface area contributed by atoms with E-state index in [-0.39, 0.29) is 5.82 Å².